The van der Waals surface area contributed by atoms with Crippen molar-refractivity contribution in [1.82, 2.24) is 4.57 Å². The Balaban J connectivity index is 1.85. The quantitative estimate of drug-likeness (QED) is 0.784. The summed E-state index contributed by atoms with van der Waals surface area (Å²) in [5, 5.41) is 0. The third-order valence-corrected chi connectivity index (χ3v) is 4.18. The molecule has 0 bridgehead atoms. The Morgan fingerprint density at radius 3 is 2.54 bits per heavy atom. The fraction of sp³-hybridized carbons (Fsp3) is 0.278. The van der Waals surface area contributed by atoms with E-state index in [9.17, 15) is 27.6 Å². The predicted octanol–water partition coefficient (Wildman–Crippen LogP) is 2.88. The topological polar surface area (TPSA) is 59.4 Å². The van der Waals surface area contributed by atoms with Crippen molar-refractivity contribution in [3.63, 3.8) is 0 Å². The standard InChI is InChI=1S/C18H15F3N2O3/c19-18(20,21)13-6-7-16(25)22(10-13)11-15(24)12-3-1-4-14(9-12)23-8-2-5-17(23)26/h1,3-4,6-7,9-10H,2,5,8,11H2. The van der Waals surface area contributed by atoms with Crippen molar-refractivity contribution in [2.45, 2.75) is 25.6 Å². The molecule has 1 saturated heterocycles. The highest BCUT2D eigenvalue weighted by molar-refractivity contribution is 5.99. The van der Waals surface area contributed by atoms with Crippen molar-refractivity contribution in [3.8, 4) is 0 Å². The summed E-state index contributed by atoms with van der Waals surface area (Å²) in [7, 11) is 0. The molecule has 136 valence electrons. The predicted molar refractivity (Wildman–Crippen MR) is 88.1 cm³/mol. The van der Waals surface area contributed by atoms with Crippen molar-refractivity contribution in [2.24, 2.45) is 0 Å². The monoisotopic (exact) mass is 364 g/mol. The van der Waals surface area contributed by atoms with Crippen LogP contribution in [-0.4, -0.2) is 22.8 Å². The van der Waals surface area contributed by atoms with Gasteiger partial charge in [0.15, 0.2) is 5.78 Å². The van der Waals surface area contributed by atoms with Gasteiger partial charge in [-0.3, -0.25) is 14.4 Å². The molecule has 0 aliphatic carbocycles. The summed E-state index contributed by atoms with van der Waals surface area (Å²) in [6.45, 7) is 0.0454. The van der Waals surface area contributed by atoms with Gasteiger partial charge in [0.25, 0.3) is 5.56 Å². The lowest BCUT2D eigenvalue weighted by atomic mass is 10.1. The first-order valence-corrected chi connectivity index (χ1v) is 7.97. The Hall–Kier alpha value is -2.90. The van der Waals surface area contributed by atoms with Gasteiger partial charge >= 0.3 is 6.18 Å². The van der Waals surface area contributed by atoms with Crippen molar-refractivity contribution in [3.05, 3.63) is 64.1 Å². The third kappa shape index (κ3) is 3.68. The zero-order valence-electron chi connectivity index (χ0n) is 13.6. The number of nitrogens with zero attached hydrogens (tertiary/aromatic N) is 2. The maximum atomic E-state index is 12.8. The Kier molecular flexibility index (Phi) is 4.67. The fourth-order valence-electron chi connectivity index (χ4n) is 2.84. The second-order valence-electron chi connectivity index (χ2n) is 6.00. The first kappa shape index (κ1) is 17.9. The molecule has 26 heavy (non-hydrogen) atoms. The first-order chi connectivity index (χ1) is 12.3. The number of pyridine rings is 1. The number of hydrogen-bond acceptors (Lipinski definition) is 3. The smallest absolute Gasteiger partial charge is 0.312 e. The number of alkyl halides is 3. The van der Waals surface area contributed by atoms with Gasteiger partial charge in [-0.05, 0) is 24.6 Å². The molecule has 0 N–H and O–H groups in total. The molecule has 0 radical (unpaired) electrons. The molecule has 5 nitrogen and oxygen atoms in total. The largest absolute Gasteiger partial charge is 0.417 e. The Morgan fingerprint density at radius 1 is 1.12 bits per heavy atom. The molecule has 3 rings (SSSR count). The molecule has 0 unspecified atom stereocenters. The van der Waals surface area contributed by atoms with Crippen LogP contribution < -0.4 is 10.5 Å². The summed E-state index contributed by atoms with van der Waals surface area (Å²) < 4.78 is 39.1. The molecule has 1 aromatic heterocycles. The van der Waals surface area contributed by atoms with Crippen LogP contribution in [0.5, 0.6) is 0 Å². The number of amides is 1. The number of rotatable bonds is 4. The summed E-state index contributed by atoms with van der Waals surface area (Å²) >= 11 is 0. The highest BCUT2D eigenvalue weighted by Crippen LogP contribution is 2.28. The molecule has 1 amide bonds. The summed E-state index contributed by atoms with van der Waals surface area (Å²) in [6.07, 6.45) is -2.79. The number of anilines is 1. The number of aromatic nitrogens is 1. The molecule has 1 aliphatic heterocycles. The minimum absolute atomic E-state index is 0.0382. The van der Waals surface area contributed by atoms with E-state index in [2.05, 4.69) is 0 Å². The lowest BCUT2D eigenvalue weighted by molar-refractivity contribution is -0.138. The van der Waals surface area contributed by atoms with Gasteiger partial charge in [0.05, 0.1) is 12.1 Å². The zero-order valence-corrected chi connectivity index (χ0v) is 13.6. The summed E-state index contributed by atoms with van der Waals surface area (Å²) in [6, 6.07) is 7.78. The lowest BCUT2D eigenvalue weighted by Gasteiger charge is -2.16. The number of halogens is 3. The first-order valence-electron chi connectivity index (χ1n) is 7.97. The van der Waals surface area contributed by atoms with Gasteiger partial charge in [-0.2, -0.15) is 13.2 Å². The van der Waals surface area contributed by atoms with Crippen LogP contribution in [0.3, 0.4) is 0 Å². The van der Waals surface area contributed by atoms with Crippen LogP contribution in [0.1, 0.15) is 28.8 Å². The molecular formula is C18H15F3N2O3. The van der Waals surface area contributed by atoms with E-state index in [1.165, 1.54) is 12.1 Å². The van der Waals surface area contributed by atoms with Gasteiger partial charge in [0.1, 0.15) is 0 Å². The van der Waals surface area contributed by atoms with Crippen LogP contribution >= 0.6 is 0 Å². The summed E-state index contributed by atoms with van der Waals surface area (Å²) in [5.41, 5.74) is -0.903. The van der Waals surface area contributed by atoms with Gasteiger partial charge < -0.3 is 9.47 Å². The van der Waals surface area contributed by atoms with E-state index in [0.717, 1.165) is 17.1 Å². The summed E-state index contributed by atoms with van der Waals surface area (Å²) in [5.74, 6) is -0.552. The fourth-order valence-corrected chi connectivity index (χ4v) is 2.84. The van der Waals surface area contributed by atoms with Crippen molar-refractivity contribution < 1.29 is 22.8 Å². The Morgan fingerprint density at radius 2 is 1.88 bits per heavy atom. The number of carbonyl (C=O) groups excluding carboxylic acids is 2. The average molecular weight is 364 g/mol. The minimum atomic E-state index is -4.60. The van der Waals surface area contributed by atoms with Gasteiger partial charge in [-0.1, -0.05) is 12.1 Å². The highest BCUT2D eigenvalue weighted by atomic mass is 19.4. The van der Waals surface area contributed by atoms with E-state index in [1.807, 2.05) is 0 Å². The zero-order chi connectivity index (χ0) is 18.9. The number of ketones is 1. The highest BCUT2D eigenvalue weighted by Gasteiger charge is 2.31. The van der Waals surface area contributed by atoms with Gasteiger partial charge in [-0.25, -0.2) is 0 Å². The molecule has 0 atom stereocenters. The van der Waals surface area contributed by atoms with Crippen molar-refractivity contribution in [2.75, 3.05) is 11.4 Å². The minimum Gasteiger partial charge on any atom is -0.312 e. The Labute approximate surface area is 146 Å². The van der Waals surface area contributed by atoms with E-state index < -0.39 is 29.6 Å². The van der Waals surface area contributed by atoms with Crippen molar-refractivity contribution >= 4 is 17.4 Å². The average Bonchev–Trinajstić information content (AvgIpc) is 3.02. The van der Waals surface area contributed by atoms with Gasteiger partial charge in [-0.15, -0.1) is 0 Å². The van der Waals surface area contributed by atoms with Gasteiger partial charge in [0, 0.05) is 36.5 Å². The number of carbonyl (C=O) groups is 2. The Bertz CT molecular complexity index is 918. The maximum Gasteiger partial charge on any atom is 0.417 e. The van der Waals surface area contributed by atoms with Crippen LogP contribution in [0.15, 0.2) is 47.4 Å². The lowest BCUT2D eigenvalue weighted by Crippen LogP contribution is -2.26. The van der Waals surface area contributed by atoms with E-state index in [1.54, 1.807) is 17.0 Å². The molecule has 0 spiro atoms. The maximum absolute atomic E-state index is 12.8. The third-order valence-electron chi connectivity index (χ3n) is 4.18. The normalized spacial score (nSPS) is 14.7. The van der Waals surface area contributed by atoms with Crippen molar-refractivity contribution in [1.29, 1.82) is 0 Å². The van der Waals surface area contributed by atoms with E-state index in [0.29, 0.717) is 30.9 Å². The number of benzene rings is 1. The number of Topliss-reactive ketones (excluding diaryl/α,β-unsaturated/α-hetero) is 1. The molecule has 1 aliphatic rings. The van der Waals surface area contributed by atoms with Crippen LogP contribution in [0.25, 0.3) is 0 Å². The molecule has 1 aromatic carbocycles. The number of hydrogen-bond donors (Lipinski definition) is 0. The molecule has 0 saturated carbocycles. The second-order valence-corrected chi connectivity index (χ2v) is 6.00. The van der Waals surface area contributed by atoms with Crippen LogP contribution in [-0.2, 0) is 17.5 Å². The van der Waals surface area contributed by atoms with E-state index in [-0.39, 0.29) is 11.5 Å². The molecule has 2 aromatic rings. The van der Waals surface area contributed by atoms with E-state index in [4.69, 9.17) is 0 Å². The molecule has 2 heterocycles. The molecule has 8 heteroatoms. The van der Waals surface area contributed by atoms with Gasteiger partial charge in [0.2, 0.25) is 5.91 Å². The SMILES string of the molecule is O=C(Cn1cc(C(F)(F)F)ccc1=O)c1cccc(N2CCCC2=O)c1. The van der Waals surface area contributed by atoms with E-state index >= 15 is 0 Å². The second kappa shape index (κ2) is 6.78. The summed E-state index contributed by atoms with van der Waals surface area (Å²) in [4.78, 5) is 37.6. The van der Waals surface area contributed by atoms with Crippen LogP contribution in [0.2, 0.25) is 0 Å². The van der Waals surface area contributed by atoms with Crippen LogP contribution in [0.4, 0.5) is 18.9 Å². The van der Waals surface area contributed by atoms with Crippen LogP contribution in [0, 0.1) is 0 Å². The molecule has 1 fully saturated rings. The molecular weight excluding hydrogens is 349 g/mol.